The Bertz CT molecular complexity index is 881. The van der Waals surface area contributed by atoms with Crippen LogP contribution >= 0.6 is 0 Å². The third kappa shape index (κ3) is 3.52. The highest BCUT2D eigenvalue weighted by atomic mass is 19.1. The highest BCUT2D eigenvalue weighted by Crippen LogP contribution is 2.38. The molecule has 1 fully saturated rings. The van der Waals surface area contributed by atoms with Gasteiger partial charge in [0, 0.05) is 24.1 Å². The third-order valence-electron chi connectivity index (χ3n) is 5.56. The summed E-state index contributed by atoms with van der Waals surface area (Å²) in [5, 5.41) is 0. The second-order valence-electron chi connectivity index (χ2n) is 7.41. The first-order valence-electron chi connectivity index (χ1n) is 9.30. The van der Waals surface area contributed by atoms with E-state index in [0.29, 0.717) is 12.0 Å². The van der Waals surface area contributed by atoms with Crippen molar-refractivity contribution in [2.75, 3.05) is 6.54 Å². The quantitative estimate of drug-likeness (QED) is 0.888. The van der Waals surface area contributed by atoms with Gasteiger partial charge in [0.05, 0.1) is 6.04 Å². The predicted molar refractivity (Wildman–Crippen MR) is 101 cm³/mol. The van der Waals surface area contributed by atoms with Crippen molar-refractivity contribution < 1.29 is 13.6 Å². The molecule has 1 saturated carbocycles. The fourth-order valence-electron chi connectivity index (χ4n) is 4.15. The summed E-state index contributed by atoms with van der Waals surface area (Å²) in [4.78, 5) is 15.0. The number of carbonyl (C=O) groups is 1. The maximum atomic E-state index is 14.3. The Hall–Kier alpha value is -2.53. The van der Waals surface area contributed by atoms with Gasteiger partial charge in [-0.1, -0.05) is 36.4 Å². The van der Waals surface area contributed by atoms with E-state index in [0.717, 1.165) is 30.5 Å². The van der Waals surface area contributed by atoms with Gasteiger partial charge in [-0.15, -0.1) is 0 Å². The van der Waals surface area contributed by atoms with E-state index in [1.807, 2.05) is 36.4 Å². The average molecular weight is 368 g/mol. The molecular weight excluding hydrogens is 346 g/mol. The third-order valence-corrected chi connectivity index (χ3v) is 5.56. The molecule has 4 rings (SSSR count). The molecule has 2 N–H and O–H groups in total. The summed E-state index contributed by atoms with van der Waals surface area (Å²) in [6, 6.07) is 12.9. The largest absolute Gasteiger partial charge is 0.328 e. The smallest absolute Gasteiger partial charge is 0.226 e. The standard InChI is InChI=1S/C22H22F2N2O/c23-17-7-9-20(24)19(12-17)16-11-21(14-4-2-1-3-5-14)26(13-16)22(27)15-6-8-18(25)10-15/h1-5,7,9,11-12,15,18,21H,6,8,10,13,25H2/t15-,18+,21?/m1/s1. The molecule has 0 aromatic heterocycles. The molecule has 2 aromatic rings. The summed E-state index contributed by atoms with van der Waals surface area (Å²) >= 11 is 0. The molecular formula is C22H22F2N2O. The van der Waals surface area contributed by atoms with E-state index in [-0.39, 0.29) is 36.0 Å². The molecule has 0 spiro atoms. The second kappa shape index (κ2) is 7.24. The van der Waals surface area contributed by atoms with E-state index in [1.165, 1.54) is 6.07 Å². The minimum Gasteiger partial charge on any atom is -0.328 e. The molecule has 1 amide bonds. The van der Waals surface area contributed by atoms with E-state index in [4.69, 9.17) is 5.73 Å². The predicted octanol–water partition coefficient (Wildman–Crippen LogP) is 4.06. The van der Waals surface area contributed by atoms with Gasteiger partial charge in [0.25, 0.3) is 0 Å². The Morgan fingerprint density at radius 2 is 1.85 bits per heavy atom. The molecule has 2 aliphatic rings. The molecule has 0 saturated heterocycles. The van der Waals surface area contributed by atoms with Crippen LogP contribution in [0.4, 0.5) is 8.78 Å². The van der Waals surface area contributed by atoms with Crippen molar-refractivity contribution in [3.05, 3.63) is 77.4 Å². The molecule has 1 aliphatic heterocycles. The summed E-state index contributed by atoms with van der Waals surface area (Å²) in [6.45, 7) is 0.268. The molecule has 27 heavy (non-hydrogen) atoms. The van der Waals surface area contributed by atoms with E-state index >= 15 is 0 Å². The number of benzene rings is 2. The molecule has 140 valence electrons. The maximum Gasteiger partial charge on any atom is 0.226 e. The molecule has 1 aliphatic carbocycles. The summed E-state index contributed by atoms with van der Waals surface area (Å²) < 4.78 is 28.0. The fourth-order valence-corrected chi connectivity index (χ4v) is 4.15. The van der Waals surface area contributed by atoms with Crippen LogP contribution in [0.5, 0.6) is 0 Å². The van der Waals surface area contributed by atoms with Gasteiger partial charge in [-0.05, 0) is 48.6 Å². The first-order chi connectivity index (χ1) is 13.0. The van der Waals surface area contributed by atoms with E-state index < -0.39 is 11.6 Å². The molecule has 0 bridgehead atoms. The zero-order chi connectivity index (χ0) is 19.0. The molecule has 1 heterocycles. The maximum absolute atomic E-state index is 14.3. The van der Waals surface area contributed by atoms with Crippen LogP contribution in [0.15, 0.2) is 54.6 Å². The first-order valence-corrected chi connectivity index (χ1v) is 9.30. The van der Waals surface area contributed by atoms with Crippen LogP contribution in [0.25, 0.3) is 5.57 Å². The van der Waals surface area contributed by atoms with Crippen LogP contribution in [-0.4, -0.2) is 23.4 Å². The van der Waals surface area contributed by atoms with E-state index in [9.17, 15) is 13.6 Å². The van der Waals surface area contributed by atoms with Crippen molar-refractivity contribution in [2.24, 2.45) is 11.7 Å². The molecule has 3 nitrogen and oxygen atoms in total. The van der Waals surface area contributed by atoms with Gasteiger partial charge in [-0.25, -0.2) is 8.78 Å². The van der Waals surface area contributed by atoms with Crippen molar-refractivity contribution >= 4 is 11.5 Å². The van der Waals surface area contributed by atoms with Crippen molar-refractivity contribution in [3.63, 3.8) is 0 Å². The monoisotopic (exact) mass is 368 g/mol. The van der Waals surface area contributed by atoms with Crippen molar-refractivity contribution in [2.45, 2.75) is 31.3 Å². The van der Waals surface area contributed by atoms with E-state index in [2.05, 4.69) is 0 Å². The zero-order valence-corrected chi connectivity index (χ0v) is 14.9. The van der Waals surface area contributed by atoms with Crippen LogP contribution in [-0.2, 0) is 4.79 Å². The van der Waals surface area contributed by atoms with Gasteiger partial charge in [-0.2, -0.15) is 0 Å². The van der Waals surface area contributed by atoms with Crippen molar-refractivity contribution in [1.29, 1.82) is 0 Å². The SMILES string of the molecule is N[C@H]1CC[C@@H](C(=O)N2CC(c3cc(F)ccc3F)=CC2c2ccccc2)C1. The van der Waals surface area contributed by atoms with Crippen molar-refractivity contribution in [3.8, 4) is 0 Å². The normalized spacial score (nSPS) is 24.9. The second-order valence-corrected chi connectivity index (χ2v) is 7.41. The number of hydrogen-bond acceptors (Lipinski definition) is 2. The van der Waals surface area contributed by atoms with Crippen LogP contribution in [0, 0.1) is 17.6 Å². The van der Waals surface area contributed by atoms with Gasteiger partial charge < -0.3 is 10.6 Å². The van der Waals surface area contributed by atoms with E-state index in [1.54, 1.807) is 4.90 Å². The van der Waals surface area contributed by atoms with Gasteiger partial charge in [0.15, 0.2) is 0 Å². The molecule has 1 unspecified atom stereocenters. The lowest BCUT2D eigenvalue weighted by Crippen LogP contribution is -2.36. The number of nitrogens with zero attached hydrogens (tertiary/aromatic N) is 1. The Morgan fingerprint density at radius 1 is 1.07 bits per heavy atom. The van der Waals surface area contributed by atoms with Gasteiger partial charge in [0.1, 0.15) is 11.6 Å². The summed E-state index contributed by atoms with van der Waals surface area (Å²) in [6.07, 6.45) is 4.18. The number of nitrogens with two attached hydrogens (primary N) is 1. The highest BCUT2D eigenvalue weighted by molar-refractivity contribution is 5.85. The zero-order valence-electron chi connectivity index (χ0n) is 14.9. The van der Waals surface area contributed by atoms with Gasteiger partial charge >= 0.3 is 0 Å². The number of halogens is 2. The summed E-state index contributed by atoms with van der Waals surface area (Å²) in [5.41, 5.74) is 7.80. The lowest BCUT2D eigenvalue weighted by Gasteiger charge is -2.28. The van der Waals surface area contributed by atoms with Crippen LogP contribution in [0.2, 0.25) is 0 Å². The number of amides is 1. The summed E-state index contributed by atoms with van der Waals surface area (Å²) in [7, 11) is 0. The lowest BCUT2D eigenvalue weighted by molar-refractivity contribution is -0.135. The Morgan fingerprint density at radius 3 is 2.56 bits per heavy atom. The van der Waals surface area contributed by atoms with Crippen LogP contribution in [0.3, 0.4) is 0 Å². The Kier molecular flexibility index (Phi) is 4.79. The molecule has 0 radical (unpaired) electrons. The molecule has 5 heteroatoms. The Balaban J connectivity index is 1.69. The highest BCUT2D eigenvalue weighted by Gasteiger charge is 2.37. The van der Waals surface area contributed by atoms with Crippen LogP contribution in [0.1, 0.15) is 36.4 Å². The first kappa shape index (κ1) is 17.9. The minimum atomic E-state index is -0.491. The Labute approximate surface area is 157 Å². The molecule has 2 aromatic carbocycles. The topological polar surface area (TPSA) is 46.3 Å². The van der Waals surface area contributed by atoms with Crippen LogP contribution < -0.4 is 5.73 Å². The number of carbonyl (C=O) groups excluding carboxylic acids is 1. The number of hydrogen-bond donors (Lipinski definition) is 1. The van der Waals surface area contributed by atoms with Gasteiger partial charge in [0.2, 0.25) is 5.91 Å². The number of rotatable bonds is 3. The fraction of sp³-hybridized carbons (Fsp3) is 0.318. The van der Waals surface area contributed by atoms with Crippen molar-refractivity contribution in [1.82, 2.24) is 4.90 Å². The lowest BCUT2D eigenvalue weighted by atomic mass is 10.0. The summed E-state index contributed by atoms with van der Waals surface area (Å²) in [5.74, 6) is -1.03. The minimum absolute atomic E-state index is 0.0415. The average Bonchev–Trinajstić information content (AvgIpc) is 3.30. The van der Waals surface area contributed by atoms with Gasteiger partial charge in [-0.3, -0.25) is 4.79 Å². The molecule has 3 atom stereocenters.